The number of carbonyl (C=O) groups excluding carboxylic acids is 3. The molecule has 0 radical (unpaired) electrons. The van der Waals surface area contributed by atoms with Crippen molar-refractivity contribution < 1.29 is 14.4 Å². The number of likely N-dealkylation sites (tertiary alicyclic amines) is 1. The second-order valence-corrected chi connectivity index (χ2v) is 17.1. The smallest absolute Gasteiger partial charge is 0.253 e. The highest BCUT2D eigenvalue weighted by Gasteiger charge is 2.44. The molecule has 1 unspecified atom stereocenters. The second-order valence-electron chi connectivity index (χ2n) is 16.7. The molecular weight excluding hydrogens is 724 g/mol. The Bertz CT molecular complexity index is 1940. The van der Waals surface area contributed by atoms with Gasteiger partial charge in [0, 0.05) is 106 Å². The number of nitrogens with zero attached hydrogens (tertiary/aromatic N) is 6. The summed E-state index contributed by atoms with van der Waals surface area (Å²) in [5.74, 6) is 0.283. The number of hydrogen-bond donors (Lipinski definition) is 2. The van der Waals surface area contributed by atoms with Crippen LogP contribution in [0.3, 0.4) is 0 Å². The standard InChI is InChI=1S/C44H53ClN8O3/c1-31-27-44(30-53(31)38-9-4-34(28-46)39(45)26-38)16-20-50(21-17-44)36-7-2-33(3-8-36)43(56)52-18-14-32(15-19-52)29-49-22-24-51(25-23-49)37-10-5-35(6-11-37)47-40-12-13-41(54)48-42(40)55/h2-11,26,31-32,40,47H,12-25,27,29-30H2,1H3,(H,48,54,55)/t31-,40?/m1/s1. The lowest BCUT2D eigenvalue weighted by molar-refractivity contribution is -0.133. The summed E-state index contributed by atoms with van der Waals surface area (Å²) in [4.78, 5) is 49.1. The molecule has 5 aliphatic rings. The van der Waals surface area contributed by atoms with E-state index in [2.05, 4.69) is 67.5 Å². The maximum atomic E-state index is 13.5. The van der Waals surface area contributed by atoms with E-state index in [0.717, 1.165) is 114 Å². The molecule has 3 aromatic carbocycles. The molecular formula is C44H53ClN8O3. The third kappa shape index (κ3) is 8.33. The van der Waals surface area contributed by atoms with Crippen LogP contribution in [0.15, 0.2) is 66.7 Å². The van der Waals surface area contributed by atoms with Gasteiger partial charge in [0.2, 0.25) is 11.8 Å². The van der Waals surface area contributed by atoms with Crippen molar-refractivity contribution in [1.29, 1.82) is 5.26 Å². The van der Waals surface area contributed by atoms with Gasteiger partial charge in [-0.25, -0.2) is 0 Å². The lowest BCUT2D eigenvalue weighted by atomic mass is 9.76. The summed E-state index contributed by atoms with van der Waals surface area (Å²) >= 11 is 6.38. The summed E-state index contributed by atoms with van der Waals surface area (Å²) in [6.45, 7) is 12.0. The van der Waals surface area contributed by atoms with E-state index < -0.39 is 0 Å². The molecule has 3 amide bonds. The minimum absolute atomic E-state index is 0.141. The van der Waals surface area contributed by atoms with Crippen LogP contribution in [0, 0.1) is 22.7 Å². The van der Waals surface area contributed by atoms with Crippen LogP contribution >= 0.6 is 11.6 Å². The highest BCUT2D eigenvalue weighted by Crippen LogP contribution is 2.46. The SMILES string of the molecule is C[C@@H]1CC2(CCN(c3ccc(C(=O)N4CCC(CN5CCN(c6ccc(NC7CCC(=O)NC7=O)cc6)CC5)CC4)cc3)CC2)CN1c1ccc(C#N)c(Cl)c1. The molecule has 0 aromatic heterocycles. The molecule has 12 heteroatoms. The molecule has 5 saturated heterocycles. The number of nitrogens with one attached hydrogen (secondary N) is 2. The molecule has 0 aliphatic carbocycles. The Morgan fingerprint density at radius 3 is 2.14 bits per heavy atom. The van der Waals surface area contributed by atoms with Crippen molar-refractivity contribution >= 4 is 52.1 Å². The monoisotopic (exact) mass is 776 g/mol. The van der Waals surface area contributed by atoms with E-state index in [1.807, 2.05) is 47.4 Å². The fourth-order valence-electron chi connectivity index (χ4n) is 9.71. The number of amides is 3. The number of piperidine rings is 3. The zero-order valence-electron chi connectivity index (χ0n) is 32.4. The van der Waals surface area contributed by atoms with Gasteiger partial charge in [0.05, 0.1) is 10.6 Å². The van der Waals surface area contributed by atoms with Gasteiger partial charge in [0.1, 0.15) is 12.1 Å². The van der Waals surface area contributed by atoms with Gasteiger partial charge in [-0.15, -0.1) is 0 Å². The molecule has 8 rings (SSSR count). The van der Waals surface area contributed by atoms with Gasteiger partial charge in [-0.05, 0) is 124 Å². The predicted octanol–water partition coefficient (Wildman–Crippen LogP) is 5.99. The van der Waals surface area contributed by atoms with E-state index in [0.29, 0.717) is 35.4 Å². The van der Waals surface area contributed by atoms with Gasteiger partial charge in [-0.1, -0.05) is 11.6 Å². The van der Waals surface area contributed by atoms with E-state index in [4.69, 9.17) is 11.6 Å². The van der Waals surface area contributed by atoms with E-state index in [1.165, 1.54) is 11.4 Å². The lowest BCUT2D eigenvalue weighted by Crippen LogP contribution is -2.49. The first kappa shape index (κ1) is 38.1. The Kier molecular flexibility index (Phi) is 11.1. The zero-order valence-corrected chi connectivity index (χ0v) is 33.1. The van der Waals surface area contributed by atoms with Gasteiger partial charge in [-0.3, -0.25) is 24.6 Å². The third-order valence-electron chi connectivity index (χ3n) is 13.1. The van der Waals surface area contributed by atoms with Crippen molar-refractivity contribution in [2.75, 3.05) is 85.5 Å². The average molecular weight is 777 g/mol. The minimum atomic E-state index is -0.378. The van der Waals surface area contributed by atoms with E-state index in [9.17, 15) is 19.6 Å². The third-order valence-corrected chi connectivity index (χ3v) is 13.4. The fourth-order valence-corrected chi connectivity index (χ4v) is 9.93. The van der Waals surface area contributed by atoms with Crippen LogP contribution in [0.1, 0.15) is 67.8 Å². The maximum Gasteiger partial charge on any atom is 0.253 e. The van der Waals surface area contributed by atoms with Gasteiger partial charge < -0.3 is 24.9 Å². The molecule has 5 heterocycles. The first-order valence-electron chi connectivity index (χ1n) is 20.4. The Balaban J connectivity index is 0.752. The minimum Gasteiger partial charge on any atom is -0.374 e. The molecule has 294 valence electrons. The summed E-state index contributed by atoms with van der Waals surface area (Å²) in [5, 5.41) is 15.5. The second kappa shape index (κ2) is 16.4. The zero-order chi connectivity index (χ0) is 38.8. The van der Waals surface area contributed by atoms with Crippen molar-refractivity contribution in [3.63, 3.8) is 0 Å². The molecule has 5 aliphatic heterocycles. The van der Waals surface area contributed by atoms with Crippen molar-refractivity contribution in [2.24, 2.45) is 11.3 Å². The molecule has 5 fully saturated rings. The van der Waals surface area contributed by atoms with E-state index in [1.54, 1.807) is 0 Å². The van der Waals surface area contributed by atoms with Crippen LogP contribution in [0.4, 0.5) is 22.7 Å². The number of imide groups is 1. The predicted molar refractivity (Wildman–Crippen MR) is 221 cm³/mol. The van der Waals surface area contributed by atoms with Crippen LogP contribution < -0.4 is 25.3 Å². The van der Waals surface area contributed by atoms with Crippen LogP contribution in [-0.2, 0) is 9.59 Å². The Morgan fingerprint density at radius 2 is 1.50 bits per heavy atom. The van der Waals surface area contributed by atoms with Crippen LogP contribution in [0.25, 0.3) is 0 Å². The van der Waals surface area contributed by atoms with Crippen LogP contribution in [-0.4, -0.2) is 105 Å². The molecule has 56 heavy (non-hydrogen) atoms. The quantitative estimate of drug-likeness (QED) is 0.267. The fraction of sp³-hybridized carbons (Fsp3) is 0.500. The molecule has 2 N–H and O–H groups in total. The van der Waals surface area contributed by atoms with Gasteiger partial charge in [0.15, 0.2) is 0 Å². The highest BCUT2D eigenvalue weighted by molar-refractivity contribution is 6.32. The van der Waals surface area contributed by atoms with Crippen LogP contribution in [0.5, 0.6) is 0 Å². The number of nitriles is 1. The summed E-state index contributed by atoms with van der Waals surface area (Å²) in [6.07, 6.45) is 6.37. The Labute approximate surface area is 335 Å². The van der Waals surface area contributed by atoms with Gasteiger partial charge >= 0.3 is 0 Å². The van der Waals surface area contributed by atoms with E-state index in [-0.39, 0.29) is 29.2 Å². The largest absolute Gasteiger partial charge is 0.374 e. The topological polar surface area (TPSA) is 115 Å². The summed E-state index contributed by atoms with van der Waals surface area (Å²) in [7, 11) is 0. The molecule has 3 aromatic rings. The first-order chi connectivity index (χ1) is 27.1. The van der Waals surface area contributed by atoms with Crippen molar-refractivity contribution in [3.8, 4) is 6.07 Å². The molecule has 1 spiro atoms. The average Bonchev–Trinajstić information content (AvgIpc) is 3.54. The number of carbonyl (C=O) groups is 3. The molecule has 0 saturated carbocycles. The normalized spacial score (nSPS) is 23.3. The number of halogens is 1. The van der Waals surface area contributed by atoms with Crippen molar-refractivity contribution in [3.05, 3.63) is 82.9 Å². The number of piperazine rings is 1. The number of benzene rings is 3. The number of rotatable bonds is 8. The van der Waals surface area contributed by atoms with E-state index >= 15 is 0 Å². The first-order valence-corrected chi connectivity index (χ1v) is 20.8. The molecule has 11 nitrogen and oxygen atoms in total. The lowest BCUT2D eigenvalue weighted by Gasteiger charge is -2.40. The summed E-state index contributed by atoms with van der Waals surface area (Å²) in [6, 6.07) is 24.6. The Morgan fingerprint density at radius 1 is 0.857 bits per heavy atom. The summed E-state index contributed by atoms with van der Waals surface area (Å²) < 4.78 is 0. The van der Waals surface area contributed by atoms with Crippen molar-refractivity contribution in [2.45, 2.75) is 64.0 Å². The molecule has 0 bridgehead atoms. The number of anilines is 4. The van der Waals surface area contributed by atoms with Gasteiger partial charge in [-0.2, -0.15) is 5.26 Å². The molecule has 2 atom stereocenters. The van der Waals surface area contributed by atoms with Gasteiger partial charge in [0.25, 0.3) is 5.91 Å². The van der Waals surface area contributed by atoms with Crippen LogP contribution in [0.2, 0.25) is 5.02 Å². The number of hydrogen-bond acceptors (Lipinski definition) is 9. The maximum absolute atomic E-state index is 13.5. The Hall–Kier alpha value is -4.79. The summed E-state index contributed by atoms with van der Waals surface area (Å²) in [5.41, 5.74) is 5.93. The van der Waals surface area contributed by atoms with Crippen molar-refractivity contribution in [1.82, 2.24) is 15.1 Å². The highest BCUT2D eigenvalue weighted by atomic mass is 35.5.